The predicted molar refractivity (Wildman–Crippen MR) is 107 cm³/mol. The number of nitrogens with zero attached hydrogens (tertiary/aromatic N) is 1. The Balaban J connectivity index is 0.00000264. The molecule has 0 amide bonds. The van der Waals surface area contributed by atoms with Crippen LogP contribution in [-0.4, -0.2) is 19.1 Å². The molecule has 2 rings (SSSR count). The summed E-state index contributed by atoms with van der Waals surface area (Å²) >= 11 is 0. The topological polar surface area (TPSA) is 59.6 Å². The van der Waals surface area contributed by atoms with Crippen LogP contribution >= 0.6 is 24.0 Å². The Morgan fingerprint density at radius 1 is 0.957 bits per heavy atom. The molecule has 124 valence electrons. The van der Waals surface area contributed by atoms with Crippen LogP contribution in [0.4, 0.5) is 5.69 Å². The minimum Gasteiger partial charge on any atom is -0.377 e. The first kappa shape index (κ1) is 19.4. The second kappa shape index (κ2) is 11.9. The summed E-state index contributed by atoms with van der Waals surface area (Å²) < 4.78 is 5.63. The fraction of sp³-hybridized carbons (Fsp3) is 0.278. The van der Waals surface area contributed by atoms with Gasteiger partial charge in [-0.1, -0.05) is 48.5 Å². The number of para-hydroxylation sites is 1. The van der Waals surface area contributed by atoms with Gasteiger partial charge in [0.1, 0.15) is 0 Å². The third-order valence-corrected chi connectivity index (χ3v) is 3.14. The highest BCUT2D eigenvalue weighted by Crippen LogP contribution is 2.04. The average molecular weight is 425 g/mol. The zero-order valence-electron chi connectivity index (χ0n) is 13.2. The SMILES string of the molecule is I.NC(=NCCCCOCc1ccccc1)Nc1ccccc1. The summed E-state index contributed by atoms with van der Waals surface area (Å²) in [7, 11) is 0. The molecule has 0 unspecified atom stereocenters. The summed E-state index contributed by atoms with van der Waals surface area (Å²) in [5.74, 6) is 0.455. The number of hydrogen-bond acceptors (Lipinski definition) is 2. The lowest BCUT2D eigenvalue weighted by molar-refractivity contribution is 0.117. The summed E-state index contributed by atoms with van der Waals surface area (Å²) in [4.78, 5) is 4.30. The molecule has 0 spiro atoms. The molecule has 0 atom stereocenters. The van der Waals surface area contributed by atoms with Gasteiger partial charge in [-0.25, -0.2) is 0 Å². The summed E-state index contributed by atoms with van der Waals surface area (Å²) in [5, 5.41) is 3.06. The van der Waals surface area contributed by atoms with Crippen molar-refractivity contribution in [3.63, 3.8) is 0 Å². The highest BCUT2D eigenvalue weighted by molar-refractivity contribution is 14.0. The molecule has 0 fully saturated rings. The molecule has 3 N–H and O–H groups in total. The zero-order chi connectivity index (χ0) is 15.5. The van der Waals surface area contributed by atoms with Crippen LogP contribution in [0.15, 0.2) is 65.7 Å². The van der Waals surface area contributed by atoms with Crippen molar-refractivity contribution in [2.45, 2.75) is 19.4 Å². The van der Waals surface area contributed by atoms with E-state index in [1.54, 1.807) is 0 Å². The molecule has 0 saturated heterocycles. The normalized spacial score (nSPS) is 10.9. The number of anilines is 1. The Morgan fingerprint density at radius 2 is 1.61 bits per heavy atom. The van der Waals surface area contributed by atoms with Crippen LogP contribution in [0.25, 0.3) is 0 Å². The predicted octanol–water partition coefficient (Wildman–Crippen LogP) is 4.03. The molecular weight excluding hydrogens is 401 g/mol. The second-order valence-electron chi connectivity index (χ2n) is 5.00. The highest BCUT2D eigenvalue weighted by atomic mass is 127. The maximum Gasteiger partial charge on any atom is 0.193 e. The summed E-state index contributed by atoms with van der Waals surface area (Å²) in [5.41, 5.74) is 7.99. The van der Waals surface area contributed by atoms with E-state index in [1.807, 2.05) is 48.5 Å². The van der Waals surface area contributed by atoms with Crippen molar-refractivity contribution in [3.8, 4) is 0 Å². The van der Waals surface area contributed by atoms with Gasteiger partial charge in [0.25, 0.3) is 0 Å². The molecule has 4 nitrogen and oxygen atoms in total. The van der Waals surface area contributed by atoms with E-state index in [0.29, 0.717) is 19.1 Å². The van der Waals surface area contributed by atoms with Crippen molar-refractivity contribution in [1.29, 1.82) is 0 Å². The Labute approximate surface area is 155 Å². The molecule has 2 aromatic carbocycles. The Bertz CT molecular complexity index is 561. The number of hydrogen-bond donors (Lipinski definition) is 2. The maximum absolute atomic E-state index is 5.83. The maximum atomic E-state index is 5.83. The molecule has 0 aliphatic heterocycles. The van der Waals surface area contributed by atoms with Crippen LogP contribution in [0.2, 0.25) is 0 Å². The summed E-state index contributed by atoms with van der Waals surface area (Å²) in [6.07, 6.45) is 1.95. The Hall–Kier alpha value is -1.60. The van der Waals surface area contributed by atoms with Gasteiger partial charge < -0.3 is 15.8 Å². The number of ether oxygens (including phenoxy) is 1. The minimum absolute atomic E-state index is 0. The largest absolute Gasteiger partial charge is 0.377 e. The molecule has 0 aromatic heterocycles. The molecule has 0 radical (unpaired) electrons. The number of unbranched alkanes of at least 4 members (excludes halogenated alkanes) is 1. The van der Waals surface area contributed by atoms with Gasteiger partial charge in [-0.3, -0.25) is 4.99 Å². The van der Waals surface area contributed by atoms with Gasteiger partial charge in [0.05, 0.1) is 6.61 Å². The monoisotopic (exact) mass is 425 g/mol. The standard InChI is InChI=1S/C18H23N3O.HI/c19-18(21-17-11-5-2-6-12-17)20-13-7-8-14-22-15-16-9-3-1-4-10-16;/h1-6,9-12H,7-8,13-15H2,(H3,19,20,21);1H. The van der Waals surface area contributed by atoms with Gasteiger partial charge in [-0.2, -0.15) is 0 Å². The van der Waals surface area contributed by atoms with Crippen LogP contribution in [-0.2, 0) is 11.3 Å². The van der Waals surface area contributed by atoms with Crippen molar-refractivity contribution in [3.05, 3.63) is 66.2 Å². The van der Waals surface area contributed by atoms with Crippen LogP contribution in [0.5, 0.6) is 0 Å². The third kappa shape index (κ3) is 8.56. The van der Waals surface area contributed by atoms with Crippen molar-refractivity contribution in [2.75, 3.05) is 18.5 Å². The molecule has 0 saturated carbocycles. The number of guanidine groups is 1. The minimum atomic E-state index is 0. The number of rotatable bonds is 8. The van der Waals surface area contributed by atoms with Gasteiger partial charge in [-0.05, 0) is 30.5 Å². The molecule has 0 aliphatic carbocycles. The molecule has 5 heteroatoms. The van der Waals surface area contributed by atoms with Crippen LogP contribution in [0, 0.1) is 0 Å². The van der Waals surface area contributed by atoms with Crippen molar-refractivity contribution < 1.29 is 4.74 Å². The fourth-order valence-electron chi connectivity index (χ4n) is 1.99. The Morgan fingerprint density at radius 3 is 2.30 bits per heavy atom. The van der Waals surface area contributed by atoms with E-state index in [1.165, 1.54) is 5.56 Å². The van der Waals surface area contributed by atoms with Crippen molar-refractivity contribution in [2.24, 2.45) is 10.7 Å². The van der Waals surface area contributed by atoms with Gasteiger partial charge in [0, 0.05) is 18.8 Å². The van der Waals surface area contributed by atoms with Gasteiger partial charge in [0.15, 0.2) is 5.96 Å². The molecule has 23 heavy (non-hydrogen) atoms. The van der Waals surface area contributed by atoms with Crippen LogP contribution < -0.4 is 11.1 Å². The highest BCUT2D eigenvalue weighted by Gasteiger charge is 1.95. The van der Waals surface area contributed by atoms with E-state index in [-0.39, 0.29) is 24.0 Å². The lowest BCUT2D eigenvalue weighted by Crippen LogP contribution is -2.22. The van der Waals surface area contributed by atoms with Crippen LogP contribution in [0.3, 0.4) is 0 Å². The van der Waals surface area contributed by atoms with E-state index in [4.69, 9.17) is 10.5 Å². The van der Waals surface area contributed by atoms with Crippen molar-refractivity contribution >= 4 is 35.6 Å². The number of nitrogens with one attached hydrogen (secondary N) is 1. The lowest BCUT2D eigenvalue weighted by Gasteiger charge is -2.05. The molecular formula is C18H24IN3O. The lowest BCUT2D eigenvalue weighted by atomic mass is 10.2. The van der Waals surface area contributed by atoms with E-state index >= 15 is 0 Å². The molecule has 2 aromatic rings. The van der Waals surface area contributed by atoms with Crippen LogP contribution in [0.1, 0.15) is 18.4 Å². The Kier molecular flexibility index (Phi) is 10.1. The van der Waals surface area contributed by atoms with Crippen molar-refractivity contribution in [1.82, 2.24) is 0 Å². The first-order valence-corrected chi connectivity index (χ1v) is 7.58. The first-order chi connectivity index (χ1) is 10.8. The van der Waals surface area contributed by atoms with E-state index in [9.17, 15) is 0 Å². The number of benzene rings is 2. The van der Waals surface area contributed by atoms with Gasteiger partial charge in [-0.15, -0.1) is 24.0 Å². The number of halogens is 1. The smallest absolute Gasteiger partial charge is 0.193 e. The van der Waals surface area contributed by atoms with E-state index in [0.717, 1.165) is 25.1 Å². The summed E-state index contributed by atoms with van der Waals surface area (Å²) in [6.45, 7) is 2.12. The molecule has 0 heterocycles. The van der Waals surface area contributed by atoms with E-state index < -0.39 is 0 Å². The molecule has 0 bridgehead atoms. The first-order valence-electron chi connectivity index (χ1n) is 7.58. The second-order valence-corrected chi connectivity index (χ2v) is 5.00. The van der Waals surface area contributed by atoms with Gasteiger partial charge in [0.2, 0.25) is 0 Å². The summed E-state index contributed by atoms with van der Waals surface area (Å²) in [6, 6.07) is 20.0. The molecule has 0 aliphatic rings. The average Bonchev–Trinajstić information content (AvgIpc) is 2.56. The quantitative estimate of drug-likeness (QED) is 0.291. The van der Waals surface area contributed by atoms with E-state index in [2.05, 4.69) is 22.4 Å². The number of aliphatic imine (C=N–C) groups is 1. The third-order valence-electron chi connectivity index (χ3n) is 3.14. The van der Waals surface area contributed by atoms with Gasteiger partial charge >= 0.3 is 0 Å². The zero-order valence-corrected chi connectivity index (χ0v) is 15.5. The fourth-order valence-corrected chi connectivity index (χ4v) is 1.99. The number of nitrogens with two attached hydrogens (primary N) is 1.